The SMILES string of the molecule is CN(c1ccc(-c2ccc(-n3cccn3)c3[nH]ncc23)nn1)C1CC2CCC(C1)N2. The summed E-state index contributed by atoms with van der Waals surface area (Å²) in [6.07, 6.45) is 10.5. The fraction of sp³-hybridized carbons (Fsp3) is 0.364. The van der Waals surface area contributed by atoms with Crippen LogP contribution in [0.2, 0.25) is 0 Å². The van der Waals surface area contributed by atoms with Gasteiger partial charge in [0.05, 0.1) is 23.1 Å². The van der Waals surface area contributed by atoms with Crippen molar-refractivity contribution in [2.75, 3.05) is 11.9 Å². The van der Waals surface area contributed by atoms with E-state index in [0.717, 1.165) is 33.7 Å². The lowest BCUT2D eigenvalue weighted by Crippen LogP contribution is -2.47. The van der Waals surface area contributed by atoms with Gasteiger partial charge >= 0.3 is 0 Å². The van der Waals surface area contributed by atoms with E-state index in [1.165, 1.54) is 25.7 Å². The standard InChI is InChI=1S/C22H24N8/c1-29(16-11-14-3-4-15(12-16)25-14)21-8-6-19(26-27-21)17-5-7-20(30-10-2-9-24-30)22-18(17)13-23-28-22/h2,5-10,13-16,25H,3-4,11-12H2,1H3,(H,23,28). The molecule has 2 saturated heterocycles. The van der Waals surface area contributed by atoms with Crippen LogP contribution in [0, 0.1) is 0 Å². The number of hydrogen-bond acceptors (Lipinski definition) is 6. The molecule has 2 unspecified atom stereocenters. The van der Waals surface area contributed by atoms with Gasteiger partial charge in [-0.05, 0) is 56.0 Å². The van der Waals surface area contributed by atoms with Gasteiger partial charge in [0.15, 0.2) is 5.82 Å². The molecule has 0 spiro atoms. The minimum absolute atomic E-state index is 0.526. The lowest BCUT2D eigenvalue weighted by Gasteiger charge is -2.36. The van der Waals surface area contributed by atoms with Crippen molar-refractivity contribution in [3.63, 3.8) is 0 Å². The molecule has 2 aliphatic heterocycles. The predicted octanol–water partition coefficient (Wildman–Crippen LogP) is 2.92. The van der Waals surface area contributed by atoms with Crippen molar-refractivity contribution in [2.45, 2.75) is 43.8 Å². The zero-order chi connectivity index (χ0) is 20.1. The Morgan fingerprint density at radius 2 is 1.93 bits per heavy atom. The average molecular weight is 400 g/mol. The van der Waals surface area contributed by atoms with Gasteiger partial charge in [-0.1, -0.05) is 0 Å². The smallest absolute Gasteiger partial charge is 0.151 e. The highest BCUT2D eigenvalue weighted by Gasteiger charge is 2.35. The first-order valence-electron chi connectivity index (χ1n) is 10.6. The molecule has 4 aromatic rings. The van der Waals surface area contributed by atoms with E-state index >= 15 is 0 Å². The van der Waals surface area contributed by atoms with E-state index in [1.807, 2.05) is 29.2 Å². The van der Waals surface area contributed by atoms with Gasteiger partial charge in [-0.25, -0.2) is 4.68 Å². The van der Waals surface area contributed by atoms with Crippen LogP contribution >= 0.6 is 0 Å². The Kier molecular flexibility index (Phi) is 4.05. The first kappa shape index (κ1) is 17.6. The number of H-pyrrole nitrogens is 1. The van der Waals surface area contributed by atoms with E-state index in [1.54, 1.807) is 6.20 Å². The van der Waals surface area contributed by atoms with Crippen molar-refractivity contribution in [3.05, 3.63) is 48.9 Å². The summed E-state index contributed by atoms with van der Waals surface area (Å²) in [5, 5.41) is 25.6. The topological polar surface area (TPSA) is 87.6 Å². The summed E-state index contributed by atoms with van der Waals surface area (Å²) in [7, 11) is 2.15. The Morgan fingerprint density at radius 1 is 1.07 bits per heavy atom. The Bertz CT molecular complexity index is 1150. The molecule has 0 radical (unpaired) electrons. The third-order valence-electron chi connectivity index (χ3n) is 6.63. The fourth-order valence-electron chi connectivity index (χ4n) is 5.03. The summed E-state index contributed by atoms with van der Waals surface area (Å²) < 4.78 is 1.83. The number of fused-ring (bicyclic) bond motifs is 3. The molecule has 2 atom stereocenters. The van der Waals surface area contributed by atoms with Crippen molar-refractivity contribution < 1.29 is 0 Å². The molecule has 3 aromatic heterocycles. The molecule has 6 rings (SSSR count). The van der Waals surface area contributed by atoms with Gasteiger partial charge in [0.1, 0.15) is 0 Å². The molecule has 0 aliphatic carbocycles. The first-order chi connectivity index (χ1) is 14.8. The molecule has 152 valence electrons. The predicted molar refractivity (Wildman–Crippen MR) is 116 cm³/mol. The second-order valence-corrected chi connectivity index (χ2v) is 8.39. The number of nitrogens with one attached hydrogen (secondary N) is 2. The van der Waals surface area contributed by atoms with Crippen LogP contribution in [0.15, 0.2) is 48.9 Å². The van der Waals surface area contributed by atoms with Gasteiger partial charge in [0.2, 0.25) is 0 Å². The van der Waals surface area contributed by atoms with Crippen LogP contribution in [0.25, 0.3) is 27.8 Å². The van der Waals surface area contributed by atoms with Gasteiger partial charge in [-0.2, -0.15) is 10.2 Å². The van der Waals surface area contributed by atoms with Crippen LogP contribution in [0.1, 0.15) is 25.7 Å². The highest BCUT2D eigenvalue weighted by Crippen LogP contribution is 2.32. The third kappa shape index (κ3) is 2.87. The van der Waals surface area contributed by atoms with Gasteiger partial charge < -0.3 is 10.2 Å². The highest BCUT2D eigenvalue weighted by atomic mass is 15.3. The maximum absolute atomic E-state index is 4.57. The molecule has 1 aromatic carbocycles. The van der Waals surface area contributed by atoms with Gasteiger partial charge in [0.25, 0.3) is 0 Å². The second kappa shape index (κ2) is 6.91. The van der Waals surface area contributed by atoms with E-state index in [0.29, 0.717) is 18.1 Å². The van der Waals surface area contributed by atoms with Crippen molar-refractivity contribution >= 4 is 16.7 Å². The molecule has 2 bridgehead atoms. The summed E-state index contributed by atoms with van der Waals surface area (Å²) in [5.74, 6) is 0.932. The minimum Gasteiger partial charge on any atom is -0.355 e. The molecule has 5 heterocycles. The van der Waals surface area contributed by atoms with E-state index in [4.69, 9.17) is 0 Å². The van der Waals surface area contributed by atoms with E-state index in [9.17, 15) is 0 Å². The Labute approximate surface area is 174 Å². The van der Waals surface area contributed by atoms with Crippen LogP contribution in [0.3, 0.4) is 0 Å². The summed E-state index contributed by atoms with van der Waals surface area (Å²) in [6, 6.07) is 12.0. The summed E-state index contributed by atoms with van der Waals surface area (Å²) >= 11 is 0. The minimum atomic E-state index is 0.526. The zero-order valence-electron chi connectivity index (χ0n) is 16.9. The Morgan fingerprint density at radius 3 is 2.67 bits per heavy atom. The summed E-state index contributed by atoms with van der Waals surface area (Å²) in [5.41, 5.74) is 3.75. The van der Waals surface area contributed by atoms with E-state index in [2.05, 4.69) is 61.0 Å². The van der Waals surface area contributed by atoms with Crippen molar-refractivity contribution in [3.8, 4) is 16.9 Å². The van der Waals surface area contributed by atoms with Crippen molar-refractivity contribution in [1.82, 2.24) is 35.5 Å². The first-order valence-corrected chi connectivity index (χ1v) is 10.6. The average Bonchev–Trinajstić information content (AvgIpc) is 3.54. The van der Waals surface area contributed by atoms with Gasteiger partial charge in [0, 0.05) is 48.5 Å². The molecular formula is C22H24N8. The van der Waals surface area contributed by atoms with Crippen molar-refractivity contribution in [1.29, 1.82) is 0 Å². The molecule has 2 N–H and O–H groups in total. The molecule has 0 saturated carbocycles. The van der Waals surface area contributed by atoms with Crippen LogP contribution in [0.4, 0.5) is 5.82 Å². The normalized spacial score (nSPS) is 23.2. The Balaban J connectivity index is 1.30. The summed E-state index contributed by atoms with van der Waals surface area (Å²) in [6.45, 7) is 0. The molecule has 0 amide bonds. The maximum Gasteiger partial charge on any atom is 0.151 e. The molecule has 2 aliphatic rings. The van der Waals surface area contributed by atoms with Crippen LogP contribution in [-0.4, -0.2) is 55.3 Å². The number of hydrogen-bond donors (Lipinski definition) is 2. The second-order valence-electron chi connectivity index (χ2n) is 8.39. The third-order valence-corrected chi connectivity index (χ3v) is 6.63. The zero-order valence-corrected chi connectivity index (χ0v) is 16.9. The lowest BCUT2D eigenvalue weighted by molar-refractivity contribution is 0.353. The molecule has 2 fully saturated rings. The van der Waals surface area contributed by atoms with Crippen LogP contribution in [0.5, 0.6) is 0 Å². The largest absolute Gasteiger partial charge is 0.355 e. The summed E-state index contributed by atoms with van der Waals surface area (Å²) in [4.78, 5) is 2.30. The number of aromatic amines is 1. The van der Waals surface area contributed by atoms with E-state index < -0.39 is 0 Å². The number of anilines is 1. The lowest BCUT2D eigenvalue weighted by atomic mass is 9.98. The number of aromatic nitrogens is 6. The van der Waals surface area contributed by atoms with Crippen LogP contribution in [-0.2, 0) is 0 Å². The quantitative estimate of drug-likeness (QED) is 0.548. The molecule has 8 heteroatoms. The number of benzene rings is 1. The molecular weight excluding hydrogens is 376 g/mol. The van der Waals surface area contributed by atoms with Gasteiger partial charge in [-0.3, -0.25) is 5.10 Å². The van der Waals surface area contributed by atoms with Crippen molar-refractivity contribution in [2.24, 2.45) is 0 Å². The fourth-order valence-corrected chi connectivity index (χ4v) is 5.03. The van der Waals surface area contributed by atoms with Crippen LogP contribution < -0.4 is 10.2 Å². The monoisotopic (exact) mass is 400 g/mol. The van der Waals surface area contributed by atoms with E-state index in [-0.39, 0.29) is 0 Å². The van der Waals surface area contributed by atoms with Gasteiger partial charge in [-0.15, -0.1) is 10.2 Å². The maximum atomic E-state index is 4.57. The molecule has 8 nitrogen and oxygen atoms in total. The molecule has 30 heavy (non-hydrogen) atoms. The number of piperidine rings is 1. The number of nitrogens with zero attached hydrogens (tertiary/aromatic N) is 6. The Hall–Kier alpha value is -3.26. The number of rotatable bonds is 4. The highest BCUT2D eigenvalue weighted by molar-refractivity contribution is 5.97.